The zero-order valence-corrected chi connectivity index (χ0v) is 17.2. The molecule has 0 unspecified atom stereocenters. The number of benzene rings is 2. The van der Waals surface area contributed by atoms with Crippen molar-refractivity contribution in [3.63, 3.8) is 0 Å². The molecule has 1 heterocycles. The van der Waals surface area contributed by atoms with Gasteiger partial charge in [0.2, 0.25) is 0 Å². The minimum absolute atomic E-state index is 0.0966. The molecule has 0 aliphatic carbocycles. The standard InChI is InChI=1S/C23H26N2O5/c1-3-30-23(29)17-10-12-25(13-11-17)20-9-8-18(22(27)28)14-19(20)24-21(26)16-6-4-15(2)5-7-16/h4-9,14,17H,3,10-13H2,1-2H3,(H,24,26)(H,27,28). The SMILES string of the molecule is CCOC(=O)C1CCN(c2ccc(C(=O)O)cc2NC(=O)c2ccc(C)cc2)CC1. The Labute approximate surface area is 175 Å². The average molecular weight is 410 g/mol. The summed E-state index contributed by atoms with van der Waals surface area (Å²) in [5.74, 6) is -1.68. The third-order valence-corrected chi connectivity index (χ3v) is 5.26. The molecule has 7 heteroatoms. The predicted molar refractivity (Wildman–Crippen MR) is 114 cm³/mol. The van der Waals surface area contributed by atoms with Crippen LogP contribution in [0.25, 0.3) is 0 Å². The molecule has 1 aliphatic heterocycles. The first-order chi connectivity index (χ1) is 14.4. The minimum atomic E-state index is -1.06. The Balaban J connectivity index is 1.81. The normalized spacial score (nSPS) is 14.3. The largest absolute Gasteiger partial charge is 0.478 e. The number of hydrogen-bond donors (Lipinski definition) is 2. The number of piperidine rings is 1. The molecule has 3 rings (SSSR count). The van der Waals surface area contributed by atoms with Gasteiger partial charge in [-0.1, -0.05) is 17.7 Å². The fourth-order valence-corrected chi connectivity index (χ4v) is 3.56. The third kappa shape index (κ3) is 4.97. The fraction of sp³-hybridized carbons (Fsp3) is 0.348. The van der Waals surface area contributed by atoms with Gasteiger partial charge >= 0.3 is 11.9 Å². The maximum absolute atomic E-state index is 12.7. The highest BCUT2D eigenvalue weighted by Gasteiger charge is 2.27. The summed E-state index contributed by atoms with van der Waals surface area (Å²) >= 11 is 0. The van der Waals surface area contributed by atoms with E-state index < -0.39 is 5.97 Å². The lowest BCUT2D eigenvalue weighted by Crippen LogP contribution is -2.37. The number of hydrogen-bond acceptors (Lipinski definition) is 5. The molecule has 0 atom stereocenters. The number of carbonyl (C=O) groups is 3. The summed E-state index contributed by atoms with van der Waals surface area (Å²) in [6, 6.07) is 11.9. The quantitative estimate of drug-likeness (QED) is 0.705. The van der Waals surface area contributed by atoms with Crippen LogP contribution in [0.1, 0.15) is 46.0 Å². The summed E-state index contributed by atoms with van der Waals surface area (Å²) in [5, 5.41) is 12.2. The van der Waals surface area contributed by atoms with E-state index in [0.717, 1.165) is 11.3 Å². The molecular formula is C23H26N2O5. The van der Waals surface area contributed by atoms with Crippen molar-refractivity contribution in [1.29, 1.82) is 0 Å². The van der Waals surface area contributed by atoms with E-state index in [2.05, 4.69) is 10.2 Å². The first kappa shape index (κ1) is 21.4. The molecule has 30 heavy (non-hydrogen) atoms. The molecule has 0 bridgehead atoms. The van der Waals surface area contributed by atoms with Gasteiger partial charge in [0.1, 0.15) is 0 Å². The number of carboxylic acid groups (broad SMARTS) is 1. The van der Waals surface area contributed by atoms with Crippen molar-refractivity contribution in [1.82, 2.24) is 0 Å². The molecule has 1 aliphatic rings. The molecule has 1 fully saturated rings. The molecule has 0 aromatic heterocycles. The van der Waals surface area contributed by atoms with Gasteiger partial charge in [0, 0.05) is 18.7 Å². The molecule has 158 valence electrons. The van der Waals surface area contributed by atoms with Crippen molar-refractivity contribution in [2.75, 3.05) is 29.9 Å². The highest BCUT2D eigenvalue weighted by molar-refractivity contribution is 6.06. The van der Waals surface area contributed by atoms with E-state index in [1.165, 1.54) is 12.1 Å². The van der Waals surface area contributed by atoms with Gasteiger partial charge in [0.25, 0.3) is 5.91 Å². The van der Waals surface area contributed by atoms with E-state index in [9.17, 15) is 19.5 Å². The van der Waals surface area contributed by atoms with Crippen molar-refractivity contribution < 1.29 is 24.2 Å². The lowest BCUT2D eigenvalue weighted by Gasteiger charge is -2.34. The van der Waals surface area contributed by atoms with Crippen LogP contribution in [0.3, 0.4) is 0 Å². The molecule has 2 N–H and O–H groups in total. The smallest absolute Gasteiger partial charge is 0.335 e. The summed E-state index contributed by atoms with van der Waals surface area (Å²) < 4.78 is 5.12. The minimum Gasteiger partial charge on any atom is -0.478 e. The number of carbonyl (C=O) groups excluding carboxylic acids is 2. The van der Waals surface area contributed by atoms with Gasteiger partial charge in [-0.25, -0.2) is 4.79 Å². The van der Waals surface area contributed by atoms with Gasteiger partial charge in [0.15, 0.2) is 0 Å². The van der Waals surface area contributed by atoms with Crippen LogP contribution in [0.15, 0.2) is 42.5 Å². The van der Waals surface area contributed by atoms with E-state index in [4.69, 9.17) is 4.74 Å². The number of anilines is 2. The zero-order chi connectivity index (χ0) is 21.7. The predicted octanol–water partition coefficient (Wildman–Crippen LogP) is 3.73. The number of carboxylic acids is 1. The first-order valence-corrected chi connectivity index (χ1v) is 10.1. The van der Waals surface area contributed by atoms with E-state index >= 15 is 0 Å². The Morgan fingerprint density at radius 3 is 2.30 bits per heavy atom. The summed E-state index contributed by atoms with van der Waals surface area (Å²) in [6.45, 7) is 5.33. The van der Waals surface area contributed by atoms with Crippen LogP contribution in [-0.4, -0.2) is 42.6 Å². The molecule has 0 saturated carbocycles. The van der Waals surface area contributed by atoms with Gasteiger partial charge in [0.05, 0.1) is 29.5 Å². The number of rotatable bonds is 6. The Morgan fingerprint density at radius 1 is 1.07 bits per heavy atom. The van der Waals surface area contributed by atoms with Crippen molar-refractivity contribution >= 4 is 29.2 Å². The topological polar surface area (TPSA) is 95.9 Å². The average Bonchev–Trinajstić information content (AvgIpc) is 2.74. The maximum atomic E-state index is 12.7. The van der Waals surface area contributed by atoms with E-state index in [0.29, 0.717) is 43.8 Å². The molecule has 1 saturated heterocycles. The molecule has 2 aromatic carbocycles. The molecule has 0 spiro atoms. The summed E-state index contributed by atoms with van der Waals surface area (Å²) in [5.41, 5.74) is 2.81. The summed E-state index contributed by atoms with van der Waals surface area (Å²) in [7, 11) is 0. The zero-order valence-electron chi connectivity index (χ0n) is 17.2. The fourth-order valence-electron chi connectivity index (χ4n) is 3.56. The lowest BCUT2D eigenvalue weighted by atomic mass is 9.96. The Bertz CT molecular complexity index is 931. The van der Waals surface area contributed by atoms with Gasteiger partial charge in [-0.15, -0.1) is 0 Å². The van der Waals surface area contributed by atoms with E-state index in [1.54, 1.807) is 25.1 Å². The number of aromatic carboxylic acids is 1. The van der Waals surface area contributed by atoms with E-state index in [-0.39, 0.29) is 23.4 Å². The number of amides is 1. The Kier molecular flexibility index (Phi) is 6.72. The van der Waals surface area contributed by atoms with Gasteiger partial charge in [-0.05, 0) is 57.0 Å². The molecule has 7 nitrogen and oxygen atoms in total. The van der Waals surface area contributed by atoms with Crippen LogP contribution in [0.2, 0.25) is 0 Å². The molecule has 0 radical (unpaired) electrons. The maximum Gasteiger partial charge on any atom is 0.335 e. The van der Waals surface area contributed by atoms with Gasteiger partial charge in [-0.2, -0.15) is 0 Å². The summed E-state index contributed by atoms with van der Waals surface area (Å²) in [4.78, 5) is 38.2. The second kappa shape index (κ2) is 9.43. The monoisotopic (exact) mass is 410 g/mol. The Morgan fingerprint density at radius 2 is 1.70 bits per heavy atom. The Hall–Kier alpha value is -3.35. The molecule has 1 amide bonds. The van der Waals surface area contributed by atoms with Gasteiger partial charge in [-0.3, -0.25) is 9.59 Å². The number of nitrogens with one attached hydrogen (secondary N) is 1. The lowest BCUT2D eigenvalue weighted by molar-refractivity contribution is -0.148. The summed E-state index contributed by atoms with van der Waals surface area (Å²) in [6.07, 6.45) is 1.29. The van der Waals surface area contributed by atoms with Crippen LogP contribution in [0.4, 0.5) is 11.4 Å². The van der Waals surface area contributed by atoms with Gasteiger partial charge < -0.3 is 20.1 Å². The van der Waals surface area contributed by atoms with Crippen molar-refractivity contribution in [2.45, 2.75) is 26.7 Å². The molecule has 2 aromatic rings. The highest BCUT2D eigenvalue weighted by Crippen LogP contribution is 2.32. The second-order valence-electron chi connectivity index (χ2n) is 7.37. The van der Waals surface area contributed by atoms with E-state index in [1.807, 2.05) is 19.1 Å². The number of aryl methyl sites for hydroxylation is 1. The molecular weight excluding hydrogens is 384 g/mol. The van der Waals surface area contributed by atoms with Crippen LogP contribution in [0.5, 0.6) is 0 Å². The van der Waals surface area contributed by atoms with Crippen LogP contribution in [0, 0.1) is 12.8 Å². The second-order valence-corrected chi connectivity index (χ2v) is 7.37. The van der Waals surface area contributed by atoms with Crippen LogP contribution < -0.4 is 10.2 Å². The first-order valence-electron chi connectivity index (χ1n) is 10.1. The van der Waals surface area contributed by atoms with Crippen molar-refractivity contribution in [3.8, 4) is 0 Å². The number of esters is 1. The van der Waals surface area contributed by atoms with Crippen molar-refractivity contribution in [3.05, 3.63) is 59.2 Å². The number of ether oxygens (including phenoxy) is 1. The number of nitrogens with zero attached hydrogens (tertiary/aromatic N) is 1. The van der Waals surface area contributed by atoms with Crippen molar-refractivity contribution in [2.24, 2.45) is 5.92 Å². The van der Waals surface area contributed by atoms with Crippen LogP contribution in [-0.2, 0) is 9.53 Å². The third-order valence-electron chi connectivity index (χ3n) is 5.26. The van der Waals surface area contributed by atoms with Crippen LogP contribution >= 0.6 is 0 Å². The highest BCUT2D eigenvalue weighted by atomic mass is 16.5.